The Labute approximate surface area is 160 Å². The summed E-state index contributed by atoms with van der Waals surface area (Å²) in [5.74, 6) is -0.527. The smallest absolute Gasteiger partial charge is 0.465 e. The lowest BCUT2D eigenvalue weighted by molar-refractivity contribution is 0.00578. The Morgan fingerprint density at radius 2 is 1.59 bits per heavy atom. The predicted octanol–water partition coefficient (Wildman–Crippen LogP) is 3.12. The Balaban J connectivity index is 2.35. The van der Waals surface area contributed by atoms with Crippen LogP contribution < -0.4 is 10.8 Å². The van der Waals surface area contributed by atoms with Gasteiger partial charge in [-0.15, -0.1) is 0 Å². The lowest BCUT2D eigenvalue weighted by Gasteiger charge is -2.32. The van der Waals surface area contributed by atoms with Gasteiger partial charge in [0.05, 0.1) is 23.9 Å². The number of nitrogens with one attached hydrogen (secondary N) is 1. The van der Waals surface area contributed by atoms with Crippen LogP contribution in [-0.2, 0) is 18.8 Å². The number of esters is 1. The van der Waals surface area contributed by atoms with Crippen LogP contribution in [0.3, 0.4) is 0 Å². The van der Waals surface area contributed by atoms with E-state index >= 15 is 0 Å². The molecule has 27 heavy (non-hydrogen) atoms. The second-order valence-corrected chi connectivity index (χ2v) is 8.55. The number of hydrogen-bond acceptors (Lipinski definition) is 6. The number of carbonyl (C=O) groups is 2. The molecule has 1 aliphatic heterocycles. The quantitative estimate of drug-likeness (QED) is 0.644. The normalized spacial score (nSPS) is 18.1. The molecule has 0 aromatic heterocycles. The topological polar surface area (TPSA) is 83.1 Å². The molecule has 1 N–H and O–H groups in total. The van der Waals surface area contributed by atoms with Gasteiger partial charge in [0.1, 0.15) is 5.60 Å². The van der Waals surface area contributed by atoms with Crippen molar-refractivity contribution < 1.29 is 28.4 Å². The Hall–Kier alpha value is -2.06. The summed E-state index contributed by atoms with van der Waals surface area (Å²) in [6.45, 7) is 13.1. The molecule has 0 radical (unpaired) electrons. The highest BCUT2D eigenvalue weighted by Gasteiger charge is 2.51. The van der Waals surface area contributed by atoms with Gasteiger partial charge in [0, 0.05) is 5.69 Å². The first-order chi connectivity index (χ1) is 12.2. The molecule has 0 bridgehead atoms. The van der Waals surface area contributed by atoms with E-state index in [4.69, 9.17) is 18.8 Å². The third-order valence-corrected chi connectivity index (χ3v) is 4.55. The van der Waals surface area contributed by atoms with Crippen molar-refractivity contribution >= 4 is 30.3 Å². The fourth-order valence-electron chi connectivity index (χ4n) is 2.50. The van der Waals surface area contributed by atoms with Crippen molar-refractivity contribution in [2.24, 2.45) is 0 Å². The van der Waals surface area contributed by atoms with Crippen LogP contribution in [0.5, 0.6) is 0 Å². The predicted molar refractivity (Wildman–Crippen MR) is 103 cm³/mol. The first-order valence-electron chi connectivity index (χ1n) is 8.83. The molecule has 1 fully saturated rings. The molecule has 0 saturated carbocycles. The Bertz CT molecular complexity index is 722. The highest BCUT2D eigenvalue weighted by molar-refractivity contribution is 6.62. The summed E-state index contributed by atoms with van der Waals surface area (Å²) < 4.78 is 22.2. The number of rotatable bonds is 3. The van der Waals surface area contributed by atoms with Gasteiger partial charge in [-0.25, -0.2) is 9.59 Å². The van der Waals surface area contributed by atoms with E-state index in [0.717, 1.165) is 0 Å². The zero-order valence-corrected chi connectivity index (χ0v) is 17.3. The van der Waals surface area contributed by atoms with Crippen molar-refractivity contribution in [3.05, 3.63) is 23.8 Å². The number of methoxy groups -OCH3 is 1. The van der Waals surface area contributed by atoms with Gasteiger partial charge in [0.2, 0.25) is 0 Å². The zero-order chi connectivity index (χ0) is 20.6. The molecule has 1 saturated heterocycles. The van der Waals surface area contributed by atoms with E-state index in [1.165, 1.54) is 13.2 Å². The molecule has 148 valence electrons. The number of hydrogen-bond donors (Lipinski definition) is 1. The van der Waals surface area contributed by atoms with Gasteiger partial charge in [-0.05, 0) is 72.1 Å². The van der Waals surface area contributed by atoms with Gasteiger partial charge in [-0.1, -0.05) is 0 Å². The molecule has 8 heteroatoms. The van der Waals surface area contributed by atoms with Gasteiger partial charge in [0.25, 0.3) is 0 Å². The van der Waals surface area contributed by atoms with Gasteiger partial charge < -0.3 is 18.8 Å². The highest BCUT2D eigenvalue weighted by Crippen LogP contribution is 2.36. The minimum atomic E-state index is -0.682. The standard InChI is InChI=1S/C19H28BNO6/c1-17(2,3)25-16(23)21-14-10-12(15(22)24-8)9-13(11-14)20-26-18(4,5)19(6,7)27-20/h9-11H,1-8H3,(H,21,23). The van der Waals surface area contributed by atoms with Crippen LogP contribution in [0.25, 0.3) is 0 Å². The average molecular weight is 377 g/mol. The number of carbonyl (C=O) groups excluding carboxylic acids is 2. The van der Waals surface area contributed by atoms with Crippen LogP contribution in [0.2, 0.25) is 0 Å². The van der Waals surface area contributed by atoms with Gasteiger partial charge >= 0.3 is 19.2 Å². The van der Waals surface area contributed by atoms with Crippen LogP contribution in [0, 0.1) is 0 Å². The van der Waals surface area contributed by atoms with Crippen molar-refractivity contribution in [3.63, 3.8) is 0 Å². The lowest BCUT2D eigenvalue weighted by atomic mass is 9.78. The molecule has 1 amide bonds. The minimum absolute atomic E-state index is 0.274. The second kappa shape index (κ2) is 7.17. The van der Waals surface area contributed by atoms with Crippen molar-refractivity contribution in [3.8, 4) is 0 Å². The van der Waals surface area contributed by atoms with E-state index in [1.807, 2.05) is 27.7 Å². The van der Waals surface area contributed by atoms with Crippen molar-refractivity contribution in [1.82, 2.24) is 0 Å². The van der Waals surface area contributed by atoms with E-state index in [2.05, 4.69) is 5.32 Å². The molecule has 1 aromatic rings. The van der Waals surface area contributed by atoms with Crippen LogP contribution in [-0.4, -0.2) is 43.1 Å². The largest absolute Gasteiger partial charge is 0.494 e. The van der Waals surface area contributed by atoms with Gasteiger partial charge in [-0.2, -0.15) is 0 Å². The van der Waals surface area contributed by atoms with Crippen LogP contribution >= 0.6 is 0 Å². The summed E-state index contributed by atoms with van der Waals surface area (Å²) in [6, 6.07) is 4.84. The maximum absolute atomic E-state index is 12.1. The van der Waals surface area contributed by atoms with Crippen molar-refractivity contribution in [2.75, 3.05) is 12.4 Å². The molecule has 0 atom stereocenters. The molecule has 7 nitrogen and oxygen atoms in total. The van der Waals surface area contributed by atoms with E-state index < -0.39 is 36.0 Å². The summed E-state index contributed by atoms with van der Waals surface area (Å²) >= 11 is 0. The second-order valence-electron chi connectivity index (χ2n) is 8.55. The van der Waals surface area contributed by atoms with Crippen LogP contribution in [0.4, 0.5) is 10.5 Å². The van der Waals surface area contributed by atoms with E-state index in [-0.39, 0.29) is 5.56 Å². The first-order valence-corrected chi connectivity index (χ1v) is 8.83. The maximum atomic E-state index is 12.1. The third-order valence-electron chi connectivity index (χ3n) is 4.55. The molecule has 0 spiro atoms. The maximum Gasteiger partial charge on any atom is 0.494 e. The summed E-state index contributed by atoms with van der Waals surface area (Å²) in [5, 5.41) is 2.64. The van der Waals surface area contributed by atoms with Crippen LogP contribution in [0.1, 0.15) is 58.8 Å². The number of ether oxygens (including phenoxy) is 2. The first kappa shape index (κ1) is 21.2. The monoisotopic (exact) mass is 377 g/mol. The molecule has 1 aromatic carbocycles. The van der Waals surface area contributed by atoms with Crippen molar-refractivity contribution in [1.29, 1.82) is 0 Å². The van der Waals surface area contributed by atoms with Crippen LogP contribution in [0.15, 0.2) is 18.2 Å². The molecule has 2 rings (SSSR count). The minimum Gasteiger partial charge on any atom is -0.465 e. The number of amides is 1. The number of benzene rings is 1. The molecular weight excluding hydrogens is 349 g/mol. The molecule has 0 unspecified atom stereocenters. The Morgan fingerprint density at radius 1 is 1.04 bits per heavy atom. The summed E-state index contributed by atoms with van der Waals surface area (Å²) in [7, 11) is 0.615. The summed E-state index contributed by atoms with van der Waals surface area (Å²) in [5.41, 5.74) is -0.441. The summed E-state index contributed by atoms with van der Waals surface area (Å²) in [6.07, 6.45) is -0.621. The number of anilines is 1. The molecule has 0 aliphatic carbocycles. The molecule has 1 aliphatic rings. The molecule has 1 heterocycles. The van der Waals surface area contributed by atoms with Gasteiger partial charge in [-0.3, -0.25) is 5.32 Å². The Kier molecular flexibility index (Phi) is 5.64. The fourth-order valence-corrected chi connectivity index (χ4v) is 2.50. The van der Waals surface area contributed by atoms with E-state index in [9.17, 15) is 9.59 Å². The van der Waals surface area contributed by atoms with E-state index in [0.29, 0.717) is 11.2 Å². The SMILES string of the molecule is COC(=O)c1cc(NC(=O)OC(C)(C)C)cc(B2OC(C)(C)C(C)(C)O2)c1. The lowest BCUT2D eigenvalue weighted by Crippen LogP contribution is -2.41. The highest BCUT2D eigenvalue weighted by atomic mass is 16.7. The van der Waals surface area contributed by atoms with Crippen molar-refractivity contribution in [2.45, 2.75) is 65.3 Å². The summed E-state index contributed by atoms with van der Waals surface area (Å²) in [4.78, 5) is 24.2. The zero-order valence-electron chi connectivity index (χ0n) is 17.3. The molecular formula is C19H28BNO6. The fraction of sp³-hybridized carbons (Fsp3) is 0.579. The average Bonchev–Trinajstić information content (AvgIpc) is 2.72. The van der Waals surface area contributed by atoms with Gasteiger partial charge in [0.15, 0.2) is 0 Å². The third kappa shape index (κ3) is 5.02. The Morgan fingerprint density at radius 3 is 2.07 bits per heavy atom. The van der Waals surface area contributed by atoms with E-state index in [1.54, 1.807) is 32.9 Å².